The Morgan fingerprint density at radius 3 is 2.55 bits per heavy atom. The monoisotopic (exact) mass is 304 g/mol. The molecular weight excluding hydrogens is 284 g/mol. The molecule has 1 aromatic rings. The van der Waals surface area contributed by atoms with E-state index in [-0.39, 0.29) is 12.5 Å². The molecule has 1 aliphatic heterocycles. The third-order valence-electron chi connectivity index (χ3n) is 3.65. The van der Waals surface area contributed by atoms with Gasteiger partial charge in [-0.05, 0) is 31.5 Å². The third kappa shape index (κ3) is 3.36. The first-order valence-corrected chi connectivity index (χ1v) is 7.16. The van der Waals surface area contributed by atoms with E-state index in [9.17, 15) is 14.4 Å². The van der Waals surface area contributed by atoms with Gasteiger partial charge in [0.2, 0.25) is 5.91 Å². The molecule has 7 heteroatoms. The molecule has 118 valence electrons. The van der Waals surface area contributed by atoms with Gasteiger partial charge in [0.15, 0.2) is 0 Å². The van der Waals surface area contributed by atoms with E-state index in [2.05, 4.69) is 5.32 Å². The maximum Gasteiger partial charge on any atom is 0.312 e. The van der Waals surface area contributed by atoms with Crippen molar-refractivity contribution >= 4 is 29.1 Å². The zero-order valence-electron chi connectivity index (χ0n) is 12.8. The number of nitrogens with one attached hydrogen (secondary N) is 1. The third-order valence-corrected chi connectivity index (χ3v) is 3.65. The first kappa shape index (κ1) is 15.8. The predicted molar refractivity (Wildman–Crippen MR) is 83.1 cm³/mol. The summed E-state index contributed by atoms with van der Waals surface area (Å²) < 4.78 is 0. The normalized spacial score (nSPS) is 15.2. The second kappa shape index (κ2) is 6.46. The minimum absolute atomic E-state index is 0.142. The van der Waals surface area contributed by atoms with Gasteiger partial charge in [0.25, 0.3) is 0 Å². The van der Waals surface area contributed by atoms with Crippen LogP contribution in [0.2, 0.25) is 0 Å². The molecule has 1 fully saturated rings. The lowest BCUT2D eigenvalue weighted by Gasteiger charge is -2.32. The molecule has 3 N–H and O–H groups in total. The summed E-state index contributed by atoms with van der Waals surface area (Å²) in [5, 5.41) is 2.72. The molecule has 0 aliphatic carbocycles. The topological polar surface area (TPSA) is 95.7 Å². The number of anilines is 2. The van der Waals surface area contributed by atoms with Crippen LogP contribution in [0.15, 0.2) is 18.2 Å². The van der Waals surface area contributed by atoms with Crippen LogP contribution in [0.3, 0.4) is 0 Å². The van der Waals surface area contributed by atoms with Crippen LogP contribution in [-0.2, 0) is 14.4 Å². The Kier molecular flexibility index (Phi) is 4.65. The molecule has 3 amide bonds. The van der Waals surface area contributed by atoms with Crippen molar-refractivity contribution in [1.29, 1.82) is 0 Å². The Labute approximate surface area is 129 Å². The number of piperazine rings is 1. The van der Waals surface area contributed by atoms with Crippen molar-refractivity contribution in [2.24, 2.45) is 0 Å². The Morgan fingerprint density at radius 1 is 1.23 bits per heavy atom. The highest BCUT2D eigenvalue weighted by Crippen LogP contribution is 2.18. The maximum absolute atomic E-state index is 12.1. The average molecular weight is 304 g/mol. The smallest absolute Gasteiger partial charge is 0.312 e. The van der Waals surface area contributed by atoms with Crippen molar-refractivity contribution in [3.63, 3.8) is 0 Å². The van der Waals surface area contributed by atoms with E-state index in [1.54, 1.807) is 18.2 Å². The second-order valence-electron chi connectivity index (χ2n) is 5.23. The number of hydrogen-bond donors (Lipinski definition) is 2. The van der Waals surface area contributed by atoms with Crippen LogP contribution in [-0.4, -0.2) is 53.7 Å². The van der Waals surface area contributed by atoms with E-state index in [0.717, 1.165) is 5.56 Å². The molecule has 2 rings (SSSR count). The molecule has 0 aromatic heterocycles. The van der Waals surface area contributed by atoms with Gasteiger partial charge in [-0.2, -0.15) is 0 Å². The summed E-state index contributed by atoms with van der Waals surface area (Å²) in [6, 6.07) is 5.21. The molecule has 1 heterocycles. The van der Waals surface area contributed by atoms with E-state index in [4.69, 9.17) is 5.73 Å². The van der Waals surface area contributed by atoms with Gasteiger partial charge in [-0.3, -0.25) is 14.4 Å². The summed E-state index contributed by atoms with van der Waals surface area (Å²) in [5.41, 5.74) is 7.72. The lowest BCUT2D eigenvalue weighted by molar-refractivity contribution is -0.156. The van der Waals surface area contributed by atoms with E-state index < -0.39 is 11.8 Å². The molecule has 22 heavy (non-hydrogen) atoms. The van der Waals surface area contributed by atoms with Crippen LogP contribution < -0.4 is 11.1 Å². The fraction of sp³-hybridized carbons (Fsp3) is 0.400. The quantitative estimate of drug-likeness (QED) is 0.614. The molecule has 0 unspecified atom stereocenters. The largest absolute Gasteiger partial charge is 0.399 e. The number of rotatable bonds is 4. The summed E-state index contributed by atoms with van der Waals surface area (Å²) >= 11 is 0. The number of nitrogens with two attached hydrogens (primary N) is 1. The SMILES string of the molecule is CCN1CCN(CC(=O)Nc2cc(N)ccc2C)C(=O)C1=O. The molecule has 1 saturated heterocycles. The van der Waals surface area contributed by atoms with Crippen LogP contribution in [0.4, 0.5) is 11.4 Å². The number of carbonyl (C=O) groups excluding carboxylic acids is 3. The lowest BCUT2D eigenvalue weighted by Crippen LogP contribution is -2.55. The number of nitrogen functional groups attached to an aromatic ring is 1. The minimum atomic E-state index is -0.632. The molecule has 7 nitrogen and oxygen atoms in total. The molecule has 0 saturated carbocycles. The molecule has 1 aliphatic rings. The Bertz CT molecular complexity index is 615. The number of likely N-dealkylation sites (N-methyl/N-ethyl adjacent to an activating group) is 1. The van der Waals surface area contributed by atoms with Crippen molar-refractivity contribution in [3.05, 3.63) is 23.8 Å². The highest BCUT2D eigenvalue weighted by atomic mass is 16.2. The zero-order chi connectivity index (χ0) is 16.3. The molecule has 0 spiro atoms. The van der Waals surface area contributed by atoms with Crippen LogP contribution in [0.5, 0.6) is 0 Å². The minimum Gasteiger partial charge on any atom is -0.399 e. The second-order valence-corrected chi connectivity index (χ2v) is 5.23. The van der Waals surface area contributed by atoms with Gasteiger partial charge >= 0.3 is 11.8 Å². The van der Waals surface area contributed by atoms with E-state index in [1.807, 2.05) is 13.8 Å². The number of carbonyl (C=O) groups is 3. The summed E-state index contributed by atoms with van der Waals surface area (Å²) in [5.74, 6) is -1.53. The van der Waals surface area contributed by atoms with Gasteiger partial charge in [0, 0.05) is 31.0 Å². The molecule has 1 aromatic carbocycles. The Morgan fingerprint density at radius 2 is 1.86 bits per heavy atom. The van der Waals surface area contributed by atoms with Crippen molar-refractivity contribution in [1.82, 2.24) is 9.80 Å². The van der Waals surface area contributed by atoms with Crippen molar-refractivity contribution < 1.29 is 14.4 Å². The van der Waals surface area contributed by atoms with E-state index in [0.29, 0.717) is 31.0 Å². The van der Waals surface area contributed by atoms with Gasteiger partial charge in [0.05, 0.1) is 0 Å². The van der Waals surface area contributed by atoms with Gasteiger partial charge in [-0.15, -0.1) is 0 Å². The molecule has 0 bridgehead atoms. The fourth-order valence-electron chi connectivity index (χ4n) is 2.30. The first-order chi connectivity index (χ1) is 10.4. The summed E-state index contributed by atoms with van der Waals surface area (Å²) in [6.07, 6.45) is 0. The Hall–Kier alpha value is -2.57. The van der Waals surface area contributed by atoms with E-state index in [1.165, 1.54) is 9.80 Å². The highest BCUT2D eigenvalue weighted by Gasteiger charge is 2.32. The first-order valence-electron chi connectivity index (χ1n) is 7.16. The number of aryl methyl sites for hydroxylation is 1. The van der Waals surface area contributed by atoms with Crippen LogP contribution in [0.1, 0.15) is 12.5 Å². The molecule has 0 atom stereocenters. The summed E-state index contributed by atoms with van der Waals surface area (Å²) in [4.78, 5) is 38.5. The Balaban J connectivity index is 1.99. The van der Waals surface area contributed by atoms with Gasteiger partial charge in [0.1, 0.15) is 6.54 Å². The lowest BCUT2D eigenvalue weighted by atomic mass is 10.2. The number of nitrogens with zero attached hydrogens (tertiary/aromatic N) is 2. The number of benzene rings is 1. The van der Waals surface area contributed by atoms with Crippen LogP contribution in [0, 0.1) is 6.92 Å². The van der Waals surface area contributed by atoms with Crippen molar-refractivity contribution in [2.75, 3.05) is 37.2 Å². The summed E-state index contributed by atoms with van der Waals surface area (Å²) in [7, 11) is 0. The van der Waals surface area contributed by atoms with Gasteiger partial charge < -0.3 is 20.9 Å². The van der Waals surface area contributed by atoms with Crippen molar-refractivity contribution in [2.45, 2.75) is 13.8 Å². The standard InChI is InChI=1S/C15H20N4O3/c1-3-18-6-7-19(15(22)14(18)21)9-13(20)17-12-8-11(16)5-4-10(12)2/h4-5,8H,3,6-7,9,16H2,1-2H3,(H,17,20). The fourth-order valence-corrected chi connectivity index (χ4v) is 2.30. The maximum atomic E-state index is 12.1. The van der Waals surface area contributed by atoms with Crippen LogP contribution in [0.25, 0.3) is 0 Å². The summed E-state index contributed by atoms with van der Waals surface area (Å²) in [6.45, 7) is 4.83. The highest BCUT2D eigenvalue weighted by molar-refractivity contribution is 6.35. The van der Waals surface area contributed by atoms with Crippen LogP contribution >= 0.6 is 0 Å². The molecule has 0 radical (unpaired) electrons. The number of amides is 3. The average Bonchev–Trinajstić information content (AvgIpc) is 2.48. The van der Waals surface area contributed by atoms with Gasteiger partial charge in [-0.1, -0.05) is 6.07 Å². The van der Waals surface area contributed by atoms with Crippen molar-refractivity contribution in [3.8, 4) is 0 Å². The van der Waals surface area contributed by atoms with E-state index >= 15 is 0 Å². The molecular formula is C15H20N4O3. The number of hydrogen-bond acceptors (Lipinski definition) is 4. The van der Waals surface area contributed by atoms with Gasteiger partial charge in [-0.25, -0.2) is 0 Å². The predicted octanol–water partition coefficient (Wildman–Crippen LogP) is 0.206. The zero-order valence-corrected chi connectivity index (χ0v) is 12.8.